The van der Waals surface area contributed by atoms with Gasteiger partial charge in [-0.25, -0.2) is 0 Å². The summed E-state index contributed by atoms with van der Waals surface area (Å²) in [6.07, 6.45) is 0. The van der Waals surface area contributed by atoms with Crippen LogP contribution in [0.15, 0.2) is 206 Å². The van der Waals surface area contributed by atoms with E-state index in [1.165, 1.54) is 74.9 Å². The minimum absolute atomic E-state index is 1.23. The third-order valence-electron chi connectivity index (χ3n) is 11.6. The van der Waals surface area contributed by atoms with Crippen LogP contribution in [-0.4, -0.2) is 16.1 Å². The van der Waals surface area contributed by atoms with Crippen LogP contribution >= 0.6 is 0 Å². The average molecular weight is 727 g/mol. The molecule has 2 heteroatoms. The summed E-state index contributed by atoms with van der Waals surface area (Å²) in [4.78, 5) is 0. The maximum absolute atomic E-state index is 2.66. The molecule has 0 saturated carbocycles. The molecule has 0 heterocycles. The molecule has 0 amide bonds. The second-order valence-corrected chi connectivity index (χ2v) is 22.1. The van der Waals surface area contributed by atoms with Crippen molar-refractivity contribution < 1.29 is 0 Å². The maximum Gasteiger partial charge on any atom is 0.180 e. The van der Waals surface area contributed by atoms with Gasteiger partial charge in [-0.1, -0.05) is 229 Å². The van der Waals surface area contributed by atoms with Crippen LogP contribution in [0, 0.1) is 27.7 Å². The quantitative estimate of drug-likeness (QED) is 0.108. The van der Waals surface area contributed by atoms with Crippen molar-refractivity contribution in [1.29, 1.82) is 0 Å². The Morgan fingerprint density at radius 3 is 0.704 bits per heavy atom. The van der Waals surface area contributed by atoms with Crippen molar-refractivity contribution in [2.75, 3.05) is 0 Å². The van der Waals surface area contributed by atoms with E-state index in [-0.39, 0.29) is 0 Å². The fourth-order valence-electron chi connectivity index (χ4n) is 9.04. The molecular formula is C52H46Si2. The molecule has 8 rings (SSSR count). The third-order valence-corrected chi connectivity index (χ3v) is 21.9. The zero-order valence-corrected chi connectivity index (χ0v) is 33.6. The van der Waals surface area contributed by atoms with Gasteiger partial charge in [0.25, 0.3) is 0 Å². The van der Waals surface area contributed by atoms with Crippen LogP contribution in [0.5, 0.6) is 0 Å². The molecule has 0 N–H and O–H groups in total. The second-order valence-electron chi connectivity index (χ2n) is 14.6. The zero-order valence-electron chi connectivity index (χ0n) is 31.6. The summed E-state index contributed by atoms with van der Waals surface area (Å²) in [5.41, 5.74) is 7.81. The van der Waals surface area contributed by atoms with Crippen molar-refractivity contribution in [2.45, 2.75) is 27.7 Å². The summed E-state index contributed by atoms with van der Waals surface area (Å²) in [6, 6.07) is 77.8. The topological polar surface area (TPSA) is 0 Å². The van der Waals surface area contributed by atoms with Gasteiger partial charge in [0, 0.05) is 0 Å². The van der Waals surface area contributed by atoms with Gasteiger partial charge in [0.15, 0.2) is 16.1 Å². The van der Waals surface area contributed by atoms with Gasteiger partial charge in [0.05, 0.1) is 0 Å². The van der Waals surface area contributed by atoms with Crippen molar-refractivity contribution in [2.24, 2.45) is 0 Å². The van der Waals surface area contributed by atoms with E-state index in [2.05, 4.69) is 234 Å². The fourth-order valence-corrected chi connectivity index (χ4v) is 19.6. The first-order valence-corrected chi connectivity index (χ1v) is 23.0. The Hall–Kier alpha value is -5.81. The highest BCUT2D eigenvalue weighted by atomic mass is 28.3. The molecule has 54 heavy (non-hydrogen) atoms. The highest BCUT2D eigenvalue weighted by Gasteiger charge is 2.44. The van der Waals surface area contributed by atoms with E-state index in [1.54, 1.807) is 0 Å². The number of hydrogen-bond donors (Lipinski definition) is 0. The van der Waals surface area contributed by atoms with Crippen molar-refractivity contribution in [1.82, 2.24) is 0 Å². The lowest BCUT2D eigenvalue weighted by molar-refractivity contribution is 1.48. The molecule has 0 saturated heterocycles. The summed E-state index contributed by atoms with van der Waals surface area (Å²) < 4.78 is 0. The Morgan fingerprint density at radius 1 is 0.222 bits per heavy atom. The first-order valence-electron chi connectivity index (χ1n) is 19.0. The number of aryl methyl sites for hydroxylation is 4. The first kappa shape index (κ1) is 35.2. The Kier molecular flexibility index (Phi) is 9.73. The van der Waals surface area contributed by atoms with E-state index in [1.807, 2.05) is 0 Å². The highest BCUT2D eigenvalue weighted by molar-refractivity contribution is 7.21. The SMILES string of the molecule is Cc1ccccc1[Si](c1ccccc1)(c1ccc(-c2ccc([Si](c3ccccc3)(c3ccccc3C)c3ccccc3C)cc2)cc1)c1ccccc1C. The number of hydrogen-bond acceptors (Lipinski definition) is 0. The van der Waals surface area contributed by atoms with Crippen LogP contribution in [-0.2, 0) is 0 Å². The van der Waals surface area contributed by atoms with E-state index in [0.29, 0.717) is 0 Å². The van der Waals surface area contributed by atoms with E-state index in [0.717, 1.165) is 0 Å². The van der Waals surface area contributed by atoms with Crippen LogP contribution in [0.1, 0.15) is 22.3 Å². The lowest BCUT2D eigenvalue weighted by Crippen LogP contribution is -2.75. The van der Waals surface area contributed by atoms with Gasteiger partial charge in [-0.3, -0.25) is 0 Å². The Labute approximate surface area is 323 Å². The van der Waals surface area contributed by atoms with Gasteiger partial charge >= 0.3 is 0 Å². The predicted octanol–water partition coefficient (Wildman–Crippen LogP) is 7.34. The number of rotatable bonds is 9. The smallest absolute Gasteiger partial charge is 0.0623 e. The maximum atomic E-state index is 2.42. The summed E-state index contributed by atoms with van der Waals surface area (Å²) in [5, 5.41) is 11.4. The molecule has 0 atom stereocenters. The second kappa shape index (κ2) is 14.9. The molecule has 0 aliphatic rings. The van der Waals surface area contributed by atoms with E-state index < -0.39 is 16.1 Å². The van der Waals surface area contributed by atoms with Gasteiger partial charge in [-0.2, -0.15) is 0 Å². The Balaban J connectivity index is 1.29. The highest BCUT2D eigenvalue weighted by Crippen LogP contribution is 2.22. The minimum Gasteiger partial charge on any atom is -0.0623 e. The van der Waals surface area contributed by atoms with E-state index >= 15 is 0 Å². The number of benzene rings is 8. The van der Waals surface area contributed by atoms with Crippen LogP contribution < -0.4 is 41.5 Å². The molecule has 0 radical (unpaired) electrons. The largest absolute Gasteiger partial charge is 0.180 e. The fraction of sp³-hybridized carbons (Fsp3) is 0.0769. The summed E-state index contributed by atoms with van der Waals surface area (Å²) >= 11 is 0. The minimum atomic E-state index is -2.66. The summed E-state index contributed by atoms with van der Waals surface area (Å²) in [7, 11) is -5.33. The Bertz CT molecular complexity index is 2250. The standard InChI is InChI=1S/C52H46Si2/c1-39-19-11-15-27-49(39)53(45-23-7-5-8-24-45,50-28-16-12-20-40(50)2)47-35-31-43(32-36-47)44-33-37-48(38-34-44)54(46-25-9-6-10-26-46,51-29-17-13-21-41(51)3)52-30-18-14-22-42(52)4/h5-38H,1-4H3. The molecule has 0 bridgehead atoms. The van der Waals surface area contributed by atoms with Crippen LogP contribution in [0.3, 0.4) is 0 Å². The lowest BCUT2D eigenvalue weighted by atomic mass is 10.1. The van der Waals surface area contributed by atoms with Crippen molar-refractivity contribution >= 4 is 57.6 Å². The molecule has 0 aliphatic carbocycles. The van der Waals surface area contributed by atoms with E-state index in [4.69, 9.17) is 0 Å². The van der Waals surface area contributed by atoms with Gasteiger partial charge < -0.3 is 0 Å². The molecule has 0 fully saturated rings. The molecule has 0 spiro atoms. The first-order chi connectivity index (χ1) is 26.5. The normalized spacial score (nSPS) is 11.7. The Morgan fingerprint density at radius 2 is 0.444 bits per heavy atom. The van der Waals surface area contributed by atoms with Crippen molar-refractivity contribution in [3.05, 3.63) is 229 Å². The van der Waals surface area contributed by atoms with Gasteiger partial charge in [-0.15, -0.1) is 0 Å². The molecule has 8 aromatic rings. The molecule has 0 aromatic heterocycles. The van der Waals surface area contributed by atoms with E-state index in [9.17, 15) is 0 Å². The predicted molar refractivity (Wildman–Crippen MR) is 238 cm³/mol. The molecule has 0 unspecified atom stereocenters. The molecule has 0 nitrogen and oxygen atoms in total. The van der Waals surface area contributed by atoms with Crippen LogP contribution in [0.2, 0.25) is 0 Å². The van der Waals surface area contributed by atoms with Gasteiger partial charge in [0.1, 0.15) is 0 Å². The summed E-state index contributed by atoms with van der Waals surface area (Å²) in [6.45, 7) is 9.11. The van der Waals surface area contributed by atoms with Gasteiger partial charge in [0.2, 0.25) is 0 Å². The van der Waals surface area contributed by atoms with Crippen molar-refractivity contribution in [3.63, 3.8) is 0 Å². The van der Waals surface area contributed by atoms with Gasteiger partial charge in [-0.05, 0) is 80.3 Å². The monoisotopic (exact) mass is 726 g/mol. The van der Waals surface area contributed by atoms with Crippen molar-refractivity contribution in [3.8, 4) is 11.1 Å². The third kappa shape index (κ3) is 5.92. The summed E-state index contributed by atoms with van der Waals surface area (Å²) in [5.74, 6) is 0. The van der Waals surface area contributed by atoms with Crippen LogP contribution in [0.4, 0.5) is 0 Å². The molecule has 0 aliphatic heterocycles. The molecule has 262 valence electrons. The lowest BCUT2D eigenvalue weighted by Gasteiger charge is -2.37. The van der Waals surface area contributed by atoms with Crippen LogP contribution in [0.25, 0.3) is 11.1 Å². The average Bonchev–Trinajstić information content (AvgIpc) is 3.22. The molecule has 8 aromatic carbocycles. The zero-order chi connectivity index (χ0) is 37.1. The molecular weight excluding hydrogens is 681 g/mol.